The van der Waals surface area contributed by atoms with Crippen molar-refractivity contribution in [2.45, 2.75) is 83.2 Å². The van der Waals surface area contributed by atoms with Crippen LogP contribution in [0.1, 0.15) is 83.3 Å². The molecule has 3 aliphatic rings. The molecule has 1 N–H and O–H groups in total. The van der Waals surface area contributed by atoms with Gasteiger partial charge in [-0.05, 0) is 61.0 Å². The molecule has 1 saturated heterocycles. The van der Waals surface area contributed by atoms with E-state index in [1.165, 1.54) is 30.4 Å². The van der Waals surface area contributed by atoms with Crippen LogP contribution in [0.25, 0.3) is 0 Å². The van der Waals surface area contributed by atoms with Crippen LogP contribution in [0.4, 0.5) is 0 Å². The number of likely N-dealkylation sites (tertiary alicyclic amines) is 1. The lowest BCUT2D eigenvalue weighted by molar-refractivity contribution is -0.163. The molecule has 0 radical (unpaired) electrons. The lowest BCUT2D eigenvalue weighted by Gasteiger charge is -2.52. The first-order valence-electron chi connectivity index (χ1n) is 10.7. The molecule has 27 heavy (non-hydrogen) atoms. The smallest absolute Gasteiger partial charge is 0.225 e. The van der Waals surface area contributed by atoms with Gasteiger partial charge in [0, 0.05) is 24.4 Å². The van der Waals surface area contributed by atoms with Crippen molar-refractivity contribution in [1.82, 2.24) is 4.90 Å². The minimum Gasteiger partial charge on any atom is -0.390 e. The Bertz CT molecular complexity index is 720. The molecule has 148 valence electrons. The topological polar surface area (TPSA) is 40.5 Å². The summed E-state index contributed by atoms with van der Waals surface area (Å²) < 4.78 is 0. The zero-order chi connectivity index (χ0) is 19.4. The monoisotopic (exact) mass is 369 g/mol. The number of amides is 1. The number of carbonyl (C=O) groups is 1. The number of nitrogens with zero attached hydrogens (tertiary/aromatic N) is 1. The first kappa shape index (κ1) is 19.0. The number of benzene rings is 1. The molecule has 3 heteroatoms. The second-order valence-corrected chi connectivity index (χ2v) is 10.7. The molecule has 1 aliphatic heterocycles. The van der Waals surface area contributed by atoms with E-state index >= 15 is 0 Å². The quantitative estimate of drug-likeness (QED) is 0.844. The van der Waals surface area contributed by atoms with Gasteiger partial charge in [-0.2, -0.15) is 0 Å². The van der Waals surface area contributed by atoms with E-state index in [0.717, 1.165) is 19.5 Å². The number of carbonyl (C=O) groups excluding carboxylic acids is 1. The number of rotatable bonds is 3. The van der Waals surface area contributed by atoms with Gasteiger partial charge in [0.05, 0.1) is 5.60 Å². The molecule has 0 aromatic heterocycles. The molecule has 2 aliphatic carbocycles. The molecule has 1 spiro atoms. The van der Waals surface area contributed by atoms with Gasteiger partial charge in [0.15, 0.2) is 0 Å². The maximum Gasteiger partial charge on any atom is 0.225 e. The average molecular weight is 370 g/mol. The van der Waals surface area contributed by atoms with Crippen molar-refractivity contribution in [2.75, 3.05) is 13.1 Å². The van der Waals surface area contributed by atoms with Crippen LogP contribution >= 0.6 is 0 Å². The molecule has 1 amide bonds. The predicted molar refractivity (Wildman–Crippen MR) is 109 cm³/mol. The molecule has 0 unspecified atom stereocenters. The van der Waals surface area contributed by atoms with E-state index in [1.54, 1.807) is 0 Å². The second kappa shape index (κ2) is 6.34. The van der Waals surface area contributed by atoms with E-state index in [-0.39, 0.29) is 17.2 Å². The maximum absolute atomic E-state index is 12.7. The highest BCUT2D eigenvalue weighted by Gasteiger charge is 2.53. The van der Waals surface area contributed by atoms with E-state index in [1.807, 2.05) is 6.92 Å². The third-order valence-corrected chi connectivity index (χ3v) is 7.55. The summed E-state index contributed by atoms with van der Waals surface area (Å²) in [5.74, 6) is 0.989. The van der Waals surface area contributed by atoms with E-state index in [9.17, 15) is 9.90 Å². The Labute approximate surface area is 164 Å². The lowest BCUT2D eigenvalue weighted by atomic mass is 9.67. The van der Waals surface area contributed by atoms with Crippen molar-refractivity contribution in [3.63, 3.8) is 0 Å². The third-order valence-electron chi connectivity index (χ3n) is 7.55. The van der Waals surface area contributed by atoms with E-state index < -0.39 is 5.60 Å². The highest BCUT2D eigenvalue weighted by atomic mass is 16.3. The molecule has 3 nitrogen and oxygen atoms in total. The van der Waals surface area contributed by atoms with Gasteiger partial charge in [0.25, 0.3) is 0 Å². The van der Waals surface area contributed by atoms with Gasteiger partial charge in [-0.3, -0.25) is 4.79 Å². The SMILES string of the molecule is CCC1(O)CC(C(=O)N2CC3(CC[C@@H](c4cccc(C(C)(C)C)c4)C3)C2)C1. The predicted octanol–water partition coefficient (Wildman–Crippen LogP) is 4.63. The minimum atomic E-state index is -0.570. The Morgan fingerprint density at radius 2 is 1.93 bits per heavy atom. The number of aliphatic hydroxyl groups is 1. The number of hydrogen-bond acceptors (Lipinski definition) is 2. The fourth-order valence-electron chi connectivity index (χ4n) is 5.54. The molecular weight excluding hydrogens is 334 g/mol. The largest absolute Gasteiger partial charge is 0.390 e. The van der Waals surface area contributed by atoms with Gasteiger partial charge in [-0.1, -0.05) is 52.0 Å². The first-order valence-corrected chi connectivity index (χ1v) is 10.7. The van der Waals surface area contributed by atoms with E-state index in [4.69, 9.17) is 0 Å². The molecule has 4 rings (SSSR count). The average Bonchev–Trinajstić information content (AvgIpc) is 3.02. The molecular formula is C24H35NO2. The van der Waals surface area contributed by atoms with Crippen LogP contribution in [-0.4, -0.2) is 34.6 Å². The van der Waals surface area contributed by atoms with Crippen molar-refractivity contribution in [2.24, 2.45) is 11.3 Å². The zero-order valence-electron chi connectivity index (χ0n) is 17.4. The molecule has 3 fully saturated rings. The maximum atomic E-state index is 12.7. The van der Waals surface area contributed by atoms with Crippen molar-refractivity contribution < 1.29 is 9.90 Å². The molecule has 0 bridgehead atoms. The summed E-state index contributed by atoms with van der Waals surface area (Å²) in [4.78, 5) is 14.7. The van der Waals surface area contributed by atoms with E-state index in [2.05, 4.69) is 49.9 Å². The van der Waals surface area contributed by atoms with Gasteiger partial charge < -0.3 is 10.0 Å². The van der Waals surface area contributed by atoms with Gasteiger partial charge in [-0.15, -0.1) is 0 Å². The standard InChI is InChI=1S/C24H35NO2/c1-5-24(27)13-19(14-24)21(26)25-15-23(16-25)10-9-18(12-23)17-7-6-8-20(11-17)22(2,3)4/h6-8,11,18-19,27H,5,9-10,12-16H2,1-4H3/t18-,19?,24?/m1/s1. The second-order valence-electron chi connectivity index (χ2n) is 10.7. The van der Waals surface area contributed by atoms with Crippen LogP contribution in [0.15, 0.2) is 24.3 Å². The summed E-state index contributed by atoms with van der Waals surface area (Å²) in [5, 5.41) is 10.2. The first-order chi connectivity index (χ1) is 12.6. The van der Waals surface area contributed by atoms with Crippen LogP contribution in [-0.2, 0) is 10.2 Å². The van der Waals surface area contributed by atoms with Crippen LogP contribution in [0, 0.1) is 11.3 Å². The Balaban J connectivity index is 1.34. The van der Waals surface area contributed by atoms with Crippen molar-refractivity contribution in [3.05, 3.63) is 35.4 Å². The fourth-order valence-corrected chi connectivity index (χ4v) is 5.54. The fraction of sp³-hybridized carbons (Fsp3) is 0.708. The van der Waals surface area contributed by atoms with Crippen LogP contribution < -0.4 is 0 Å². The molecule has 1 heterocycles. The Morgan fingerprint density at radius 1 is 1.22 bits per heavy atom. The van der Waals surface area contributed by atoms with Crippen molar-refractivity contribution >= 4 is 5.91 Å². The Kier molecular flexibility index (Phi) is 4.46. The van der Waals surface area contributed by atoms with E-state index in [0.29, 0.717) is 24.2 Å². The summed E-state index contributed by atoms with van der Waals surface area (Å²) in [6.45, 7) is 10.7. The minimum absolute atomic E-state index is 0.0629. The molecule has 1 aromatic carbocycles. The molecule has 1 aromatic rings. The third kappa shape index (κ3) is 3.44. The Hall–Kier alpha value is -1.35. The lowest BCUT2D eigenvalue weighted by Crippen LogP contribution is -2.61. The summed E-state index contributed by atoms with van der Waals surface area (Å²) >= 11 is 0. The van der Waals surface area contributed by atoms with Gasteiger partial charge in [0.2, 0.25) is 5.91 Å². The number of hydrogen-bond donors (Lipinski definition) is 1. The summed E-state index contributed by atoms with van der Waals surface area (Å²) in [5.41, 5.74) is 2.87. The Morgan fingerprint density at radius 3 is 2.56 bits per heavy atom. The van der Waals surface area contributed by atoms with Crippen molar-refractivity contribution in [1.29, 1.82) is 0 Å². The van der Waals surface area contributed by atoms with Crippen LogP contribution in [0.3, 0.4) is 0 Å². The van der Waals surface area contributed by atoms with Gasteiger partial charge in [0.1, 0.15) is 0 Å². The molecule has 2 saturated carbocycles. The highest BCUT2D eigenvalue weighted by Crippen LogP contribution is 2.53. The highest BCUT2D eigenvalue weighted by molar-refractivity contribution is 5.81. The summed E-state index contributed by atoms with van der Waals surface area (Å²) in [6.07, 6.45) is 5.78. The van der Waals surface area contributed by atoms with Crippen LogP contribution in [0.2, 0.25) is 0 Å². The van der Waals surface area contributed by atoms with Crippen LogP contribution in [0.5, 0.6) is 0 Å². The summed E-state index contributed by atoms with van der Waals surface area (Å²) in [6, 6.07) is 9.16. The van der Waals surface area contributed by atoms with Crippen molar-refractivity contribution in [3.8, 4) is 0 Å². The van der Waals surface area contributed by atoms with Gasteiger partial charge >= 0.3 is 0 Å². The summed E-state index contributed by atoms with van der Waals surface area (Å²) in [7, 11) is 0. The normalized spacial score (nSPS) is 32.3. The molecule has 1 atom stereocenters. The van der Waals surface area contributed by atoms with Gasteiger partial charge in [-0.25, -0.2) is 0 Å². The zero-order valence-corrected chi connectivity index (χ0v) is 17.4.